The van der Waals surface area contributed by atoms with Gasteiger partial charge in [-0.25, -0.2) is 9.28 Å². The molecule has 0 N–H and O–H groups in total. The Morgan fingerprint density at radius 3 is 2.58 bits per heavy atom. The molecule has 0 saturated carbocycles. The van der Waals surface area contributed by atoms with Crippen LogP contribution in [0.3, 0.4) is 0 Å². The summed E-state index contributed by atoms with van der Waals surface area (Å²) in [5.41, 5.74) is 0. The molecular weight excluding hydrogens is 176 g/mol. The van der Waals surface area contributed by atoms with Crippen LogP contribution < -0.4 is 0 Å². The quantitative estimate of drug-likeness (QED) is 0.569. The molecule has 0 spiro atoms. The van der Waals surface area contributed by atoms with Gasteiger partial charge in [-0.3, -0.25) is 9.11 Å². The smallest absolute Gasteiger partial charge is 0.290 e. The van der Waals surface area contributed by atoms with Crippen molar-refractivity contribution in [3.8, 4) is 0 Å². The van der Waals surface area contributed by atoms with E-state index in [4.69, 9.17) is 0 Å². The Kier molecular flexibility index (Phi) is 2.53. The van der Waals surface area contributed by atoms with Crippen LogP contribution in [0.1, 0.15) is 0 Å². The Balaban J connectivity index is 2.72. The van der Waals surface area contributed by atoms with Crippen LogP contribution >= 0.6 is 0 Å². The molecule has 1 heterocycles. The SMILES string of the molecule is CN1CC[N+](C)(CS(C)=O)C1=O. The highest BCUT2D eigenvalue weighted by atomic mass is 32.2. The zero-order valence-corrected chi connectivity index (χ0v) is 8.56. The first-order valence-corrected chi connectivity index (χ1v) is 5.59. The van der Waals surface area contributed by atoms with Crippen LogP contribution in [0.5, 0.6) is 0 Å². The fourth-order valence-corrected chi connectivity index (χ4v) is 2.54. The van der Waals surface area contributed by atoms with Gasteiger partial charge in [0.1, 0.15) is 6.54 Å². The van der Waals surface area contributed by atoms with E-state index in [0.717, 1.165) is 13.1 Å². The largest absolute Gasteiger partial charge is 0.419 e. The van der Waals surface area contributed by atoms with Crippen molar-refractivity contribution in [1.82, 2.24) is 4.90 Å². The van der Waals surface area contributed by atoms with Crippen LogP contribution in [-0.2, 0) is 10.8 Å². The maximum absolute atomic E-state index is 11.5. The van der Waals surface area contributed by atoms with Gasteiger partial charge in [0.2, 0.25) is 0 Å². The summed E-state index contributed by atoms with van der Waals surface area (Å²) in [6.45, 7) is 1.54. The number of hydrogen-bond donors (Lipinski definition) is 0. The average Bonchev–Trinajstić information content (AvgIpc) is 2.16. The first-order valence-electron chi connectivity index (χ1n) is 3.86. The van der Waals surface area contributed by atoms with E-state index in [1.165, 1.54) is 0 Å². The number of amides is 2. The van der Waals surface area contributed by atoms with E-state index < -0.39 is 10.8 Å². The molecule has 1 aliphatic heterocycles. The minimum atomic E-state index is -0.906. The zero-order chi connectivity index (χ0) is 9.35. The third-order valence-corrected chi connectivity index (χ3v) is 3.12. The van der Waals surface area contributed by atoms with Crippen LogP contribution in [-0.4, -0.2) is 58.9 Å². The third-order valence-electron chi connectivity index (χ3n) is 2.18. The molecule has 0 aromatic carbocycles. The molecule has 5 heteroatoms. The van der Waals surface area contributed by atoms with Gasteiger partial charge in [-0.05, 0) is 0 Å². The highest BCUT2D eigenvalue weighted by Gasteiger charge is 2.41. The van der Waals surface area contributed by atoms with Crippen molar-refractivity contribution in [2.24, 2.45) is 0 Å². The normalized spacial score (nSPS) is 32.6. The van der Waals surface area contributed by atoms with Crippen molar-refractivity contribution >= 4 is 16.8 Å². The van der Waals surface area contributed by atoms with Gasteiger partial charge in [-0.15, -0.1) is 0 Å². The lowest BCUT2D eigenvalue weighted by Gasteiger charge is -2.23. The second-order valence-electron chi connectivity index (χ2n) is 3.53. The summed E-state index contributed by atoms with van der Waals surface area (Å²) in [6, 6.07) is 0.0743. The number of nitrogens with zero attached hydrogens (tertiary/aromatic N) is 2. The number of likely N-dealkylation sites (N-methyl/N-ethyl adjacent to an activating group) is 2. The van der Waals surface area contributed by atoms with Gasteiger partial charge in [0, 0.05) is 13.3 Å². The van der Waals surface area contributed by atoms with Crippen LogP contribution in [0.2, 0.25) is 0 Å². The van der Waals surface area contributed by atoms with Gasteiger partial charge in [-0.2, -0.15) is 0 Å². The Hall–Kier alpha value is -0.420. The monoisotopic (exact) mass is 191 g/mol. The lowest BCUT2D eigenvalue weighted by atomic mass is 10.6. The Labute approximate surface area is 75.2 Å². The first-order chi connectivity index (χ1) is 5.46. The number of rotatable bonds is 2. The zero-order valence-electron chi connectivity index (χ0n) is 7.74. The van der Waals surface area contributed by atoms with Gasteiger partial charge < -0.3 is 0 Å². The molecule has 1 fully saturated rings. The first kappa shape index (κ1) is 9.67. The number of hydrogen-bond acceptors (Lipinski definition) is 2. The minimum Gasteiger partial charge on any atom is -0.290 e. The molecule has 70 valence electrons. The lowest BCUT2D eigenvalue weighted by Crippen LogP contribution is -2.48. The van der Waals surface area contributed by atoms with Gasteiger partial charge in [-0.1, -0.05) is 0 Å². The Morgan fingerprint density at radius 1 is 1.67 bits per heavy atom. The van der Waals surface area contributed by atoms with Gasteiger partial charge >= 0.3 is 6.03 Å². The van der Waals surface area contributed by atoms with E-state index in [2.05, 4.69) is 0 Å². The Bertz CT molecular complexity index is 231. The average molecular weight is 191 g/mol. The summed E-state index contributed by atoms with van der Waals surface area (Å²) < 4.78 is 11.3. The number of carbonyl (C=O) groups is 1. The standard InChI is InChI=1S/C7H15N2O2S/c1-8-4-5-9(2,7(8)10)6-12(3)11/h4-6H2,1-3H3/q+1. The summed E-state index contributed by atoms with van der Waals surface area (Å²) in [5.74, 6) is 0.434. The number of quaternary nitrogens is 1. The lowest BCUT2D eigenvalue weighted by molar-refractivity contribution is -0.807. The topological polar surface area (TPSA) is 37.4 Å². The molecule has 2 amide bonds. The third kappa shape index (κ3) is 1.67. The maximum Gasteiger partial charge on any atom is 0.419 e. The molecule has 1 rings (SSSR count). The molecule has 2 unspecified atom stereocenters. The van der Waals surface area contributed by atoms with Crippen LogP contribution in [0.4, 0.5) is 4.79 Å². The predicted octanol–water partition coefficient (Wildman–Crippen LogP) is -0.166. The maximum atomic E-state index is 11.5. The van der Waals surface area contributed by atoms with E-state index in [-0.39, 0.29) is 6.03 Å². The van der Waals surface area contributed by atoms with E-state index in [0.29, 0.717) is 10.4 Å². The Morgan fingerprint density at radius 2 is 2.25 bits per heavy atom. The number of carbonyl (C=O) groups excluding carboxylic acids is 1. The summed E-state index contributed by atoms with van der Waals surface area (Å²) in [5, 5.41) is 0. The van der Waals surface area contributed by atoms with E-state index in [1.807, 2.05) is 7.05 Å². The molecular formula is C7H15N2O2S+. The van der Waals surface area contributed by atoms with Crippen molar-refractivity contribution in [1.29, 1.82) is 0 Å². The summed E-state index contributed by atoms with van der Waals surface area (Å²) in [4.78, 5) is 13.2. The van der Waals surface area contributed by atoms with Crippen molar-refractivity contribution in [2.45, 2.75) is 0 Å². The van der Waals surface area contributed by atoms with Gasteiger partial charge in [0.15, 0.2) is 5.88 Å². The van der Waals surface area contributed by atoms with Crippen molar-refractivity contribution < 1.29 is 13.5 Å². The minimum absolute atomic E-state index is 0.0743. The molecule has 0 aromatic rings. The highest BCUT2D eigenvalue weighted by molar-refractivity contribution is 7.84. The molecule has 12 heavy (non-hydrogen) atoms. The summed E-state index contributed by atoms with van der Waals surface area (Å²) in [7, 11) is 2.72. The van der Waals surface area contributed by atoms with Crippen LogP contribution in [0, 0.1) is 0 Å². The van der Waals surface area contributed by atoms with Gasteiger partial charge in [0.25, 0.3) is 0 Å². The molecule has 0 aliphatic carbocycles. The van der Waals surface area contributed by atoms with E-state index in [1.54, 1.807) is 18.2 Å². The van der Waals surface area contributed by atoms with Crippen LogP contribution in [0.15, 0.2) is 0 Å². The number of urea groups is 1. The molecule has 0 radical (unpaired) electrons. The highest BCUT2D eigenvalue weighted by Crippen LogP contribution is 2.15. The summed E-state index contributed by atoms with van der Waals surface area (Å²) >= 11 is 0. The van der Waals surface area contributed by atoms with Crippen molar-refractivity contribution in [3.63, 3.8) is 0 Å². The van der Waals surface area contributed by atoms with Gasteiger partial charge in [0.05, 0.1) is 24.4 Å². The fourth-order valence-electron chi connectivity index (χ4n) is 1.50. The van der Waals surface area contributed by atoms with E-state index >= 15 is 0 Å². The second kappa shape index (κ2) is 3.14. The van der Waals surface area contributed by atoms with Crippen LogP contribution in [0.25, 0.3) is 0 Å². The van der Waals surface area contributed by atoms with Crippen molar-refractivity contribution in [2.75, 3.05) is 39.3 Å². The molecule has 4 nitrogen and oxygen atoms in total. The predicted molar refractivity (Wildman–Crippen MR) is 48.0 cm³/mol. The molecule has 1 aliphatic rings. The van der Waals surface area contributed by atoms with E-state index in [9.17, 15) is 9.00 Å². The molecule has 0 bridgehead atoms. The molecule has 2 atom stereocenters. The van der Waals surface area contributed by atoms with Crippen molar-refractivity contribution in [3.05, 3.63) is 0 Å². The summed E-state index contributed by atoms with van der Waals surface area (Å²) in [6.07, 6.45) is 1.63. The molecule has 1 saturated heterocycles. The second-order valence-corrected chi connectivity index (χ2v) is 4.93. The fraction of sp³-hybridized carbons (Fsp3) is 0.857. The molecule has 0 aromatic heterocycles.